The first-order chi connectivity index (χ1) is 7.61. The summed E-state index contributed by atoms with van der Waals surface area (Å²) in [5.74, 6) is 0.244. The van der Waals surface area contributed by atoms with E-state index >= 15 is 0 Å². The number of nitrogens with one attached hydrogen (secondary N) is 1. The van der Waals surface area contributed by atoms with Gasteiger partial charge in [0.2, 0.25) is 5.91 Å². The summed E-state index contributed by atoms with van der Waals surface area (Å²) in [5, 5.41) is 13.1. The summed E-state index contributed by atoms with van der Waals surface area (Å²) in [5.41, 5.74) is -0.615. The van der Waals surface area contributed by atoms with Gasteiger partial charge < -0.3 is 15.3 Å². The molecule has 0 aliphatic carbocycles. The van der Waals surface area contributed by atoms with Crippen molar-refractivity contribution in [3.05, 3.63) is 0 Å². The maximum atomic E-state index is 11.8. The predicted octanol–water partition coefficient (Wildman–Crippen LogP) is 0.749. The van der Waals surface area contributed by atoms with Gasteiger partial charge in [0, 0.05) is 26.1 Å². The Morgan fingerprint density at radius 1 is 1.44 bits per heavy atom. The Balaban J connectivity index is 2.33. The van der Waals surface area contributed by atoms with Gasteiger partial charge in [0.15, 0.2) is 0 Å². The standard InChI is InChI=1S/C12H24N2O2/c1-3-4-5-11(15)14-8-6-12(16,7-9-14)10-13-2/h13,16H,3-10H2,1-2H3. The van der Waals surface area contributed by atoms with E-state index in [1.807, 2.05) is 11.9 Å². The van der Waals surface area contributed by atoms with Gasteiger partial charge in [-0.05, 0) is 26.3 Å². The molecule has 0 bridgehead atoms. The lowest BCUT2D eigenvalue weighted by Crippen LogP contribution is -2.50. The van der Waals surface area contributed by atoms with Gasteiger partial charge in [0.1, 0.15) is 0 Å². The molecule has 94 valence electrons. The lowest BCUT2D eigenvalue weighted by Gasteiger charge is -2.38. The number of likely N-dealkylation sites (N-methyl/N-ethyl adjacent to an activating group) is 1. The molecule has 4 heteroatoms. The van der Waals surface area contributed by atoms with Gasteiger partial charge in [-0.1, -0.05) is 13.3 Å². The lowest BCUT2D eigenvalue weighted by molar-refractivity contribution is -0.135. The number of nitrogens with zero attached hydrogens (tertiary/aromatic N) is 1. The van der Waals surface area contributed by atoms with Gasteiger partial charge in [0.25, 0.3) is 0 Å². The molecule has 0 saturated carbocycles. The Bertz CT molecular complexity index is 223. The molecule has 1 heterocycles. The molecule has 0 aromatic rings. The summed E-state index contributed by atoms with van der Waals surface area (Å²) in [6.07, 6.45) is 4.05. The van der Waals surface area contributed by atoms with Crippen LogP contribution in [0.4, 0.5) is 0 Å². The molecular weight excluding hydrogens is 204 g/mol. The quantitative estimate of drug-likeness (QED) is 0.730. The highest BCUT2D eigenvalue weighted by molar-refractivity contribution is 5.76. The number of amides is 1. The van der Waals surface area contributed by atoms with Crippen molar-refractivity contribution in [2.75, 3.05) is 26.7 Å². The van der Waals surface area contributed by atoms with Crippen molar-refractivity contribution >= 4 is 5.91 Å². The second kappa shape index (κ2) is 6.21. The zero-order valence-electron chi connectivity index (χ0n) is 10.5. The van der Waals surface area contributed by atoms with Crippen LogP contribution in [0.15, 0.2) is 0 Å². The smallest absolute Gasteiger partial charge is 0.222 e. The van der Waals surface area contributed by atoms with E-state index in [-0.39, 0.29) is 5.91 Å². The van der Waals surface area contributed by atoms with E-state index in [2.05, 4.69) is 12.2 Å². The van der Waals surface area contributed by atoms with Crippen molar-refractivity contribution in [2.45, 2.75) is 44.6 Å². The van der Waals surface area contributed by atoms with E-state index in [0.29, 0.717) is 38.9 Å². The summed E-state index contributed by atoms with van der Waals surface area (Å²) in [7, 11) is 1.84. The highest BCUT2D eigenvalue weighted by atomic mass is 16.3. The second-order valence-corrected chi connectivity index (χ2v) is 4.74. The molecule has 0 aromatic carbocycles. The van der Waals surface area contributed by atoms with E-state index in [4.69, 9.17) is 0 Å². The first-order valence-corrected chi connectivity index (χ1v) is 6.26. The normalized spacial score (nSPS) is 19.8. The second-order valence-electron chi connectivity index (χ2n) is 4.74. The van der Waals surface area contributed by atoms with Crippen LogP contribution in [0.1, 0.15) is 39.0 Å². The Kier molecular flexibility index (Phi) is 5.22. The van der Waals surface area contributed by atoms with Crippen molar-refractivity contribution in [3.8, 4) is 0 Å². The molecule has 1 amide bonds. The average Bonchev–Trinajstić information content (AvgIpc) is 2.27. The van der Waals surface area contributed by atoms with Gasteiger partial charge in [-0.2, -0.15) is 0 Å². The van der Waals surface area contributed by atoms with Crippen LogP contribution in [0.25, 0.3) is 0 Å². The first-order valence-electron chi connectivity index (χ1n) is 6.26. The first kappa shape index (κ1) is 13.5. The van der Waals surface area contributed by atoms with E-state index in [1.165, 1.54) is 0 Å². The summed E-state index contributed by atoms with van der Waals surface area (Å²) in [6, 6.07) is 0. The summed E-state index contributed by atoms with van der Waals surface area (Å²) in [4.78, 5) is 13.6. The van der Waals surface area contributed by atoms with Crippen LogP contribution in [-0.2, 0) is 4.79 Å². The average molecular weight is 228 g/mol. The highest BCUT2D eigenvalue weighted by Crippen LogP contribution is 2.22. The predicted molar refractivity (Wildman–Crippen MR) is 64.2 cm³/mol. The van der Waals surface area contributed by atoms with Crippen molar-refractivity contribution in [3.63, 3.8) is 0 Å². The van der Waals surface area contributed by atoms with E-state index < -0.39 is 5.60 Å². The van der Waals surface area contributed by atoms with E-state index in [1.54, 1.807) is 0 Å². The third-order valence-corrected chi connectivity index (χ3v) is 3.30. The topological polar surface area (TPSA) is 52.6 Å². The van der Waals surface area contributed by atoms with Crippen molar-refractivity contribution in [2.24, 2.45) is 0 Å². The number of aliphatic hydroxyl groups is 1. The van der Waals surface area contributed by atoms with Crippen LogP contribution in [0.3, 0.4) is 0 Å². The van der Waals surface area contributed by atoms with E-state index in [0.717, 1.165) is 12.8 Å². The van der Waals surface area contributed by atoms with Crippen LogP contribution in [0.2, 0.25) is 0 Å². The minimum atomic E-state index is -0.615. The molecule has 1 rings (SSSR count). The molecule has 1 aliphatic rings. The fraction of sp³-hybridized carbons (Fsp3) is 0.917. The van der Waals surface area contributed by atoms with Crippen LogP contribution in [0.5, 0.6) is 0 Å². The van der Waals surface area contributed by atoms with Crippen LogP contribution < -0.4 is 5.32 Å². The summed E-state index contributed by atoms with van der Waals surface area (Å²) < 4.78 is 0. The largest absolute Gasteiger partial charge is 0.388 e. The third kappa shape index (κ3) is 3.76. The van der Waals surface area contributed by atoms with Crippen LogP contribution in [-0.4, -0.2) is 48.2 Å². The Hall–Kier alpha value is -0.610. The molecule has 1 aliphatic heterocycles. The molecule has 0 unspecified atom stereocenters. The van der Waals surface area contributed by atoms with Gasteiger partial charge >= 0.3 is 0 Å². The molecule has 1 fully saturated rings. The highest BCUT2D eigenvalue weighted by Gasteiger charge is 2.32. The molecule has 0 aromatic heterocycles. The molecule has 0 spiro atoms. The number of piperidine rings is 1. The minimum Gasteiger partial charge on any atom is -0.388 e. The number of hydrogen-bond donors (Lipinski definition) is 2. The van der Waals surface area contributed by atoms with Gasteiger partial charge in [-0.15, -0.1) is 0 Å². The third-order valence-electron chi connectivity index (χ3n) is 3.30. The molecule has 0 atom stereocenters. The maximum Gasteiger partial charge on any atom is 0.222 e. The van der Waals surface area contributed by atoms with E-state index in [9.17, 15) is 9.90 Å². The zero-order valence-corrected chi connectivity index (χ0v) is 10.5. The van der Waals surface area contributed by atoms with Gasteiger partial charge in [-0.25, -0.2) is 0 Å². The SMILES string of the molecule is CCCCC(=O)N1CCC(O)(CNC)CC1. The van der Waals surface area contributed by atoms with Crippen LogP contribution >= 0.6 is 0 Å². The molecule has 1 saturated heterocycles. The Morgan fingerprint density at radius 3 is 2.56 bits per heavy atom. The number of carbonyl (C=O) groups excluding carboxylic acids is 1. The van der Waals surface area contributed by atoms with Gasteiger partial charge in [-0.3, -0.25) is 4.79 Å². The molecule has 16 heavy (non-hydrogen) atoms. The monoisotopic (exact) mass is 228 g/mol. The fourth-order valence-electron chi connectivity index (χ4n) is 2.16. The zero-order chi connectivity index (χ0) is 12.0. The lowest BCUT2D eigenvalue weighted by atomic mass is 9.91. The Labute approximate surface area is 98.0 Å². The molecule has 0 radical (unpaired) electrons. The summed E-state index contributed by atoms with van der Waals surface area (Å²) in [6.45, 7) is 4.10. The van der Waals surface area contributed by atoms with Gasteiger partial charge in [0.05, 0.1) is 5.60 Å². The minimum absolute atomic E-state index is 0.244. The Morgan fingerprint density at radius 2 is 2.06 bits per heavy atom. The number of hydrogen-bond acceptors (Lipinski definition) is 3. The number of rotatable bonds is 5. The fourth-order valence-corrected chi connectivity index (χ4v) is 2.16. The molecule has 4 nitrogen and oxygen atoms in total. The number of carbonyl (C=O) groups is 1. The molecule has 2 N–H and O–H groups in total. The van der Waals surface area contributed by atoms with Crippen molar-refractivity contribution in [1.82, 2.24) is 10.2 Å². The summed E-state index contributed by atoms with van der Waals surface area (Å²) >= 11 is 0. The number of unbranched alkanes of at least 4 members (excludes halogenated alkanes) is 1. The van der Waals surface area contributed by atoms with Crippen molar-refractivity contribution in [1.29, 1.82) is 0 Å². The maximum absolute atomic E-state index is 11.8. The van der Waals surface area contributed by atoms with Crippen LogP contribution in [0, 0.1) is 0 Å². The van der Waals surface area contributed by atoms with Crippen molar-refractivity contribution < 1.29 is 9.90 Å². The number of likely N-dealkylation sites (tertiary alicyclic amines) is 1. The molecular formula is C12H24N2O2.